The smallest absolute Gasteiger partial charge is 0.407 e. The van der Waals surface area contributed by atoms with Crippen LogP contribution in [0, 0.1) is 18.8 Å². The maximum atomic E-state index is 13.0. The number of ether oxygens (including phenoxy) is 1. The summed E-state index contributed by atoms with van der Waals surface area (Å²) in [6.45, 7) is 4.45. The van der Waals surface area contributed by atoms with E-state index in [0.717, 1.165) is 38.3 Å². The fourth-order valence-electron chi connectivity index (χ4n) is 6.23. The van der Waals surface area contributed by atoms with Crippen LogP contribution in [0.15, 0.2) is 18.2 Å². The second kappa shape index (κ2) is 5.52. The molecule has 5 nitrogen and oxygen atoms in total. The molecule has 2 amide bonds. The Morgan fingerprint density at radius 3 is 2.71 bits per heavy atom. The zero-order chi connectivity index (χ0) is 19.1. The lowest BCUT2D eigenvalue weighted by atomic mass is 9.68. The predicted molar refractivity (Wildman–Crippen MR) is 104 cm³/mol. The van der Waals surface area contributed by atoms with Gasteiger partial charge in [0, 0.05) is 24.4 Å². The molecule has 1 N–H and O–H groups in total. The summed E-state index contributed by atoms with van der Waals surface area (Å²) >= 11 is 0. The van der Waals surface area contributed by atoms with Crippen LogP contribution in [0.5, 0.6) is 0 Å². The Labute approximate surface area is 165 Å². The maximum Gasteiger partial charge on any atom is 0.407 e. The van der Waals surface area contributed by atoms with Crippen LogP contribution in [0.4, 0.5) is 4.79 Å². The van der Waals surface area contributed by atoms with Crippen LogP contribution in [0.2, 0.25) is 0 Å². The molecule has 5 aliphatic rings. The molecule has 0 radical (unpaired) electrons. The van der Waals surface area contributed by atoms with Crippen molar-refractivity contribution >= 4 is 12.0 Å². The van der Waals surface area contributed by atoms with Crippen molar-refractivity contribution in [3.8, 4) is 0 Å². The molecule has 148 valence electrons. The third-order valence-electron chi connectivity index (χ3n) is 8.12. The quantitative estimate of drug-likeness (QED) is 0.876. The van der Waals surface area contributed by atoms with Crippen LogP contribution < -0.4 is 5.32 Å². The number of likely N-dealkylation sites (tertiary alicyclic amines) is 1. The Hall–Kier alpha value is -2.04. The molecule has 5 fully saturated rings. The Bertz CT molecular complexity index is 871. The molecule has 1 aromatic rings. The lowest BCUT2D eigenvalue weighted by Crippen LogP contribution is -2.59. The molecule has 3 aliphatic carbocycles. The van der Waals surface area contributed by atoms with E-state index in [1.54, 1.807) is 0 Å². The number of nitrogens with zero attached hydrogens (tertiary/aromatic N) is 1. The van der Waals surface area contributed by atoms with E-state index >= 15 is 0 Å². The molecule has 2 unspecified atom stereocenters. The Morgan fingerprint density at radius 1 is 1.25 bits per heavy atom. The minimum Gasteiger partial charge on any atom is -0.447 e. The average molecular weight is 380 g/mol. The molecule has 0 aromatic heterocycles. The number of carbonyl (C=O) groups excluding carboxylic acids is 2. The molecule has 28 heavy (non-hydrogen) atoms. The van der Waals surface area contributed by atoms with Crippen molar-refractivity contribution in [1.29, 1.82) is 0 Å². The number of cyclic esters (lactones) is 1. The molecule has 2 atom stereocenters. The Kier molecular flexibility index (Phi) is 3.33. The van der Waals surface area contributed by atoms with Gasteiger partial charge in [-0.25, -0.2) is 4.79 Å². The third kappa shape index (κ3) is 2.44. The number of hydrogen-bond acceptors (Lipinski definition) is 3. The summed E-state index contributed by atoms with van der Waals surface area (Å²) in [4.78, 5) is 26.4. The zero-order valence-corrected chi connectivity index (χ0v) is 16.5. The van der Waals surface area contributed by atoms with Gasteiger partial charge in [-0.3, -0.25) is 4.79 Å². The zero-order valence-electron chi connectivity index (χ0n) is 16.5. The molecule has 2 heterocycles. The van der Waals surface area contributed by atoms with Crippen molar-refractivity contribution in [3.05, 3.63) is 34.9 Å². The number of piperidine rings is 1. The fourth-order valence-corrected chi connectivity index (χ4v) is 6.23. The molecule has 3 saturated carbocycles. The molecule has 5 heteroatoms. The minimum absolute atomic E-state index is 0.0489. The van der Waals surface area contributed by atoms with Crippen LogP contribution in [-0.2, 0) is 14.9 Å². The first-order valence-corrected chi connectivity index (χ1v) is 10.8. The standard InChI is InChI=1S/C23H28N2O3/c1-14-8-16(15-2-3-15)4-5-19(14)23-6-7-25(12-18(23)11-23)20(26)17-9-22(10-17)13-28-21(27)24-22/h4-5,8,15,17-18H,2-3,6-7,9-13H2,1H3,(H,24,27)/t17-,18?,22+,23?. The first-order valence-electron chi connectivity index (χ1n) is 10.8. The summed E-state index contributed by atoms with van der Waals surface area (Å²) in [6.07, 6.45) is 6.12. The molecule has 2 saturated heterocycles. The van der Waals surface area contributed by atoms with Gasteiger partial charge in [-0.05, 0) is 74.0 Å². The van der Waals surface area contributed by atoms with E-state index in [4.69, 9.17) is 4.74 Å². The van der Waals surface area contributed by atoms with Crippen molar-refractivity contribution in [2.24, 2.45) is 11.8 Å². The summed E-state index contributed by atoms with van der Waals surface area (Å²) < 4.78 is 5.03. The number of fused-ring (bicyclic) bond motifs is 1. The topological polar surface area (TPSA) is 58.6 Å². The Morgan fingerprint density at radius 2 is 2.07 bits per heavy atom. The number of benzene rings is 1. The van der Waals surface area contributed by atoms with Crippen LogP contribution in [0.1, 0.15) is 61.1 Å². The SMILES string of the molecule is Cc1cc(C2CC2)ccc1C12CCN(C(=O)[C@H]3C[C@]4(COC(=O)N4)C3)CC1C2. The second-order valence-corrected chi connectivity index (χ2v) is 10.0. The van der Waals surface area contributed by atoms with E-state index in [1.807, 2.05) is 0 Å². The van der Waals surface area contributed by atoms with Crippen LogP contribution in [0.3, 0.4) is 0 Å². The largest absolute Gasteiger partial charge is 0.447 e. The molecule has 0 bridgehead atoms. The Balaban J connectivity index is 1.11. The van der Waals surface area contributed by atoms with Gasteiger partial charge in [0.15, 0.2) is 0 Å². The molecule has 6 rings (SSSR count). The fraction of sp³-hybridized carbons (Fsp3) is 0.652. The van der Waals surface area contributed by atoms with Gasteiger partial charge in [-0.2, -0.15) is 0 Å². The van der Waals surface area contributed by atoms with Gasteiger partial charge < -0.3 is 15.0 Å². The molecular formula is C23H28N2O3. The van der Waals surface area contributed by atoms with Crippen molar-refractivity contribution < 1.29 is 14.3 Å². The molecule has 1 aromatic carbocycles. The van der Waals surface area contributed by atoms with Crippen molar-refractivity contribution in [1.82, 2.24) is 10.2 Å². The van der Waals surface area contributed by atoms with Crippen molar-refractivity contribution in [3.63, 3.8) is 0 Å². The number of carbonyl (C=O) groups is 2. The highest BCUT2D eigenvalue weighted by molar-refractivity contribution is 5.82. The number of rotatable bonds is 3. The first kappa shape index (κ1) is 16.9. The monoisotopic (exact) mass is 380 g/mol. The van der Waals surface area contributed by atoms with Crippen molar-refractivity contribution in [2.75, 3.05) is 19.7 Å². The second-order valence-electron chi connectivity index (χ2n) is 10.0. The van der Waals surface area contributed by atoms with Crippen molar-refractivity contribution in [2.45, 2.75) is 62.3 Å². The van der Waals surface area contributed by atoms with Gasteiger partial charge in [0.25, 0.3) is 0 Å². The normalized spacial score (nSPS) is 38.5. The highest BCUT2D eigenvalue weighted by atomic mass is 16.6. The summed E-state index contributed by atoms with van der Waals surface area (Å²) in [5.74, 6) is 1.75. The van der Waals surface area contributed by atoms with E-state index in [0.29, 0.717) is 17.9 Å². The van der Waals surface area contributed by atoms with Crippen LogP contribution >= 0.6 is 0 Å². The van der Waals surface area contributed by atoms with E-state index in [-0.39, 0.29) is 23.5 Å². The summed E-state index contributed by atoms with van der Waals surface area (Å²) in [5, 5.41) is 2.89. The number of amides is 2. The van der Waals surface area contributed by atoms with E-state index in [2.05, 4.69) is 35.3 Å². The summed E-state index contributed by atoms with van der Waals surface area (Å²) in [6, 6.07) is 7.16. The van der Waals surface area contributed by atoms with Gasteiger partial charge >= 0.3 is 6.09 Å². The molecule has 2 aliphatic heterocycles. The van der Waals surface area contributed by atoms with Crippen LogP contribution in [0.25, 0.3) is 0 Å². The molecular weight excluding hydrogens is 352 g/mol. The van der Waals surface area contributed by atoms with Gasteiger partial charge in [0.2, 0.25) is 5.91 Å². The number of nitrogens with one attached hydrogen (secondary N) is 1. The minimum atomic E-state index is -0.338. The summed E-state index contributed by atoms with van der Waals surface area (Å²) in [7, 11) is 0. The highest BCUT2D eigenvalue weighted by Gasteiger charge is 2.60. The van der Waals surface area contributed by atoms with E-state index in [9.17, 15) is 9.59 Å². The van der Waals surface area contributed by atoms with Gasteiger partial charge in [0.05, 0.1) is 5.54 Å². The summed E-state index contributed by atoms with van der Waals surface area (Å²) in [5.41, 5.74) is 4.55. The first-order chi connectivity index (χ1) is 13.5. The number of aryl methyl sites for hydroxylation is 1. The number of alkyl carbamates (subject to hydrolysis) is 1. The third-order valence-corrected chi connectivity index (χ3v) is 8.12. The van der Waals surface area contributed by atoms with Gasteiger partial charge in [0.1, 0.15) is 6.61 Å². The lowest BCUT2D eigenvalue weighted by Gasteiger charge is -2.45. The average Bonchev–Trinajstić information content (AvgIpc) is 3.55. The highest BCUT2D eigenvalue weighted by Crippen LogP contribution is 2.60. The van der Waals surface area contributed by atoms with E-state index < -0.39 is 0 Å². The lowest BCUT2D eigenvalue weighted by molar-refractivity contribution is -0.142. The maximum absolute atomic E-state index is 13.0. The number of hydrogen-bond donors (Lipinski definition) is 1. The van der Waals surface area contributed by atoms with Gasteiger partial charge in [-0.1, -0.05) is 18.2 Å². The van der Waals surface area contributed by atoms with E-state index in [1.165, 1.54) is 36.0 Å². The van der Waals surface area contributed by atoms with Gasteiger partial charge in [-0.15, -0.1) is 0 Å². The molecule has 1 spiro atoms. The van der Waals surface area contributed by atoms with Crippen LogP contribution in [-0.4, -0.2) is 42.1 Å². The predicted octanol–water partition coefficient (Wildman–Crippen LogP) is 3.25.